The molecule has 16 heteroatoms. The first kappa shape index (κ1) is 28.1. The predicted molar refractivity (Wildman–Crippen MR) is 128 cm³/mol. The van der Waals surface area contributed by atoms with E-state index in [1.165, 1.54) is 18.0 Å². The van der Waals surface area contributed by atoms with Gasteiger partial charge in [-0.2, -0.15) is 15.1 Å². The summed E-state index contributed by atoms with van der Waals surface area (Å²) in [5, 5.41) is 39.2. The Labute approximate surface area is 212 Å². The molecule has 0 bridgehead atoms. The molecule has 1 unspecified atom stereocenters. The van der Waals surface area contributed by atoms with Crippen molar-refractivity contribution in [1.82, 2.24) is 19.7 Å². The second kappa shape index (κ2) is 11.8. The molecule has 1 saturated heterocycles. The van der Waals surface area contributed by atoms with Crippen molar-refractivity contribution in [3.8, 4) is 6.01 Å². The van der Waals surface area contributed by atoms with Crippen molar-refractivity contribution in [2.45, 2.75) is 75.1 Å². The van der Waals surface area contributed by atoms with Crippen LogP contribution in [0.15, 0.2) is 6.20 Å². The van der Waals surface area contributed by atoms with Gasteiger partial charge in [-0.3, -0.25) is 4.57 Å². The molecule has 0 amide bonds. The number of nitrogens with one attached hydrogen (secondary N) is 1. The monoisotopic (exact) mass is 547 g/mol. The second-order valence-corrected chi connectivity index (χ2v) is 11.1. The van der Waals surface area contributed by atoms with E-state index in [4.69, 9.17) is 18.9 Å². The Hall–Kier alpha value is -1.94. The zero-order valence-electron chi connectivity index (χ0n) is 20.6. The molecule has 6 atom stereocenters. The number of aliphatic hydroxyl groups is 3. The number of aliphatic hydroxyl groups excluding tert-OH is 3. The van der Waals surface area contributed by atoms with E-state index >= 15 is 0 Å². The maximum atomic E-state index is 11.6. The molecule has 1 aliphatic heterocycles. The van der Waals surface area contributed by atoms with Crippen molar-refractivity contribution in [3.05, 3.63) is 6.20 Å². The summed E-state index contributed by atoms with van der Waals surface area (Å²) in [6.45, 7) is 0.743. The molecule has 2 aromatic rings. The van der Waals surface area contributed by atoms with Gasteiger partial charge in [0.05, 0.1) is 30.9 Å². The van der Waals surface area contributed by atoms with Crippen LogP contribution in [-0.2, 0) is 18.8 Å². The molecule has 37 heavy (non-hydrogen) atoms. The molecule has 2 aromatic heterocycles. The molecule has 2 fully saturated rings. The molecule has 1 saturated carbocycles. The lowest BCUT2D eigenvalue weighted by Gasteiger charge is -2.21. The fraction of sp³-hybridized carbons (Fsp3) is 0.762. The third-order valence-electron chi connectivity index (χ3n) is 6.30. The van der Waals surface area contributed by atoms with E-state index in [0.717, 1.165) is 25.7 Å². The van der Waals surface area contributed by atoms with Gasteiger partial charge < -0.3 is 49.4 Å². The lowest BCUT2D eigenvalue weighted by Crippen LogP contribution is -2.35. The minimum atomic E-state index is -4.64. The van der Waals surface area contributed by atoms with E-state index in [1.807, 2.05) is 0 Å². The number of fused-ring (bicyclic) bond motifs is 1. The molecule has 0 aromatic carbocycles. The Morgan fingerprint density at radius 2 is 1.95 bits per heavy atom. The highest BCUT2D eigenvalue weighted by atomic mass is 31.2. The molecule has 3 heterocycles. The fourth-order valence-corrected chi connectivity index (χ4v) is 5.01. The van der Waals surface area contributed by atoms with Gasteiger partial charge in [0.15, 0.2) is 17.7 Å². The van der Waals surface area contributed by atoms with Crippen LogP contribution in [0.25, 0.3) is 11.0 Å². The standard InChI is InChI=1S/C21H34N5O10P/c1-11(27)8-35-21-24-18(23-12-5-3-4-6-12)13-7-22-26(19(13)25-21)20-17(29)16(28)14(36-20)9-34-15(10-33-2)37(30,31)32/h7,11-12,14-17,20,27-29H,3-6,8-10H2,1-2H3,(H,23,24,25)(H2,30,31,32)/t11-,14-,15?,16-,17-,20-/m1/s1. The first-order chi connectivity index (χ1) is 17.6. The van der Waals surface area contributed by atoms with Crippen molar-refractivity contribution < 1.29 is 48.6 Å². The van der Waals surface area contributed by atoms with Crippen LogP contribution >= 0.6 is 7.60 Å². The minimum absolute atomic E-state index is 0.00684. The second-order valence-electron chi connectivity index (χ2n) is 9.35. The van der Waals surface area contributed by atoms with Gasteiger partial charge >= 0.3 is 13.6 Å². The van der Waals surface area contributed by atoms with Crippen LogP contribution in [0.5, 0.6) is 6.01 Å². The summed E-state index contributed by atoms with van der Waals surface area (Å²) in [6, 6.07) is 0.212. The molecular weight excluding hydrogens is 513 g/mol. The first-order valence-corrected chi connectivity index (χ1v) is 13.8. The van der Waals surface area contributed by atoms with Crippen LogP contribution in [-0.4, -0.2) is 108 Å². The van der Waals surface area contributed by atoms with E-state index in [1.54, 1.807) is 6.92 Å². The minimum Gasteiger partial charge on any atom is -0.461 e. The third kappa shape index (κ3) is 6.56. The Kier molecular flexibility index (Phi) is 8.99. The Balaban J connectivity index is 1.58. The SMILES string of the molecule is COCC(OC[C@H]1O[C@@H](n2ncc3c(NC4CCCC4)nc(OC[C@@H](C)O)nc32)[C@H](O)[C@@H]1O)P(=O)(O)O. The number of hydrogen-bond donors (Lipinski definition) is 6. The average molecular weight is 548 g/mol. The quantitative estimate of drug-likeness (QED) is 0.189. The summed E-state index contributed by atoms with van der Waals surface area (Å²) in [6.07, 6.45) is -0.239. The van der Waals surface area contributed by atoms with Crippen LogP contribution < -0.4 is 10.1 Å². The molecule has 208 valence electrons. The summed E-state index contributed by atoms with van der Waals surface area (Å²) in [5.74, 6) is -1.07. The Morgan fingerprint density at radius 3 is 2.59 bits per heavy atom. The van der Waals surface area contributed by atoms with Gasteiger partial charge in [-0.15, -0.1) is 0 Å². The molecule has 4 rings (SSSR count). The van der Waals surface area contributed by atoms with Crippen molar-refractivity contribution in [2.75, 3.05) is 32.2 Å². The van der Waals surface area contributed by atoms with Gasteiger partial charge in [-0.05, 0) is 19.8 Å². The molecule has 1 aliphatic carbocycles. The largest absolute Gasteiger partial charge is 0.461 e. The molecule has 15 nitrogen and oxygen atoms in total. The van der Waals surface area contributed by atoms with Crippen molar-refractivity contribution in [3.63, 3.8) is 0 Å². The zero-order chi connectivity index (χ0) is 26.7. The van der Waals surface area contributed by atoms with Crippen LogP contribution in [0.4, 0.5) is 5.82 Å². The molecule has 0 radical (unpaired) electrons. The highest BCUT2D eigenvalue weighted by molar-refractivity contribution is 7.52. The smallest absolute Gasteiger partial charge is 0.356 e. The lowest BCUT2D eigenvalue weighted by molar-refractivity contribution is -0.0826. The topological polar surface area (TPSA) is 211 Å². The molecule has 2 aliphatic rings. The normalized spacial score (nSPS) is 26.6. The van der Waals surface area contributed by atoms with E-state index in [2.05, 4.69) is 20.4 Å². The average Bonchev–Trinajstić information content (AvgIpc) is 3.56. The zero-order valence-corrected chi connectivity index (χ0v) is 21.5. The van der Waals surface area contributed by atoms with E-state index < -0.39 is 50.7 Å². The maximum absolute atomic E-state index is 11.6. The highest BCUT2D eigenvalue weighted by Gasteiger charge is 2.46. The number of aromatic nitrogens is 4. The van der Waals surface area contributed by atoms with Crippen LogP contribution in [0, 0.1) is 0 Å². The van der Waals surface area contributed by atoms with Crippen LogP contribution in [0.2, 0.25) is 0 Å². The van der Waals surface area contributed by atoms with Crippen molar-refractivity contribution in [2.24, 2.45) is 0 Å². The van der Waals surface area contributed by atoms with Gasteiger partial charge in [0.2, 0.25) is 0 Å². The van der Waals surface area contributed by atoms with E-state index in [-0.39, 0.29) is 30.9 Å². The van der Waals surface area contributed by atoms with Crippen molar-refractivity contribution in [1.29, 1.82) is 0 Å². The van der Waals surface area contributed by atoms with Crippen LogP contribution in [0.3, 0.4) is 0 Å². The summed E-state index contributed by atoms with van der Waals surface area (Å²) in [4.78, 5) is 27.7. The number of rotatable bonds is 12. The van der Waals surface area contributed by atoms with E-state index in [9.17, 15) is 29.7 Å². The fourth-order valence-electron chi connectivity index (χ4n) is 4.38. The first-order valence-electron chi connectivity index (χ1n) is 12.1. The Bertz CT molecular complexity index is 1090. The van der Waals surface area contributed by atoms with Gasteiger partial charge in [0, 0.05) is 13.2 Å². The summed E-state index contributed by atoms with van der Waals surface area (Å²) >= 11 is 0. The number of methoxy groups -OCH3 is 1. The summed E-state index contributed by atoms with van der Waals surface area (Å²) < 4.78 is 34.3. The molecule has 0 spiro atoms. The highest BCUT2D eigenvalue weighted by Crippen LogP contribution is 2.42. The third-order valence-corrected chi connectivity index (χ3v) is 7.35. The van der Waals surface area contributed by atoms with E-state index in [0.29, 0.717) is 11.2 Å². The summed E-state index contributed by atoms with van der Waals surface area (Å²) in [5.41, 5.74) is 0.265. The maximum Gasteiger partial charge on any atom is 0.356 e. The number of nitrogens with zero attached hydrogens (tertiary/aromatic N) is 4. The van der Waals surface area contributed by atoms with Gasteiger partial charge in [-0.1, -0.05) is 12.8 Å². The number of ether oxygens (including phenoxy) is 4. The Morgan fingerprint density at radius 1 is 1.22 bits per heavy atom. The lowest BCUT2D eigenvalue weighted by atomic mass is 10.1. The van der Waals surface area contributed by atoms with Crippen LogP contribution in [0.1, 0.15) is 38.8 Å². The number of hydrogen-bond acceptors (Lipinski definition) is 12. The van der Waals surface area contributed by atoms with Gasteiger partial charge in [0.25, 0.3) is 0 Å². The van der Waals surface area contributed by atoms with Crippen molar-refractivity contribution >= 4 is 24.4 Å². The van der Waals surface area contributed by atoms with Gasteiger partial charge in [0.1, 0.15) is 30.7 Å². The summed E-state index contributed by atoms with van der Waals surface area (Å²) in [7, 11) is -3.37. The molecular formula is C21H34N5O10P. The predicted octanol–water partition coefficient (Wildman–Crippen LogP) is -0.274. The van der Waals surface area contributed by atoms with Gasteiger partial charge in [-0.25, -0.2) is 4.68 Å². The number of anilines is 1. The molecule has 6 N–H and O–H groups in total.